The number of nitrogens with one attached hydrogen (secondary N) is 1. The van der Waals surface area contributed by atoms with Gasteiger partial charge in [0.25, 0.3) is 5.89 Å². The third-order valence-electron chi connectivity index (χ3n) is 4.10. The summed E-state index contributed by atoms with van der Waals surface area (Å²) in [6.45, 7) is 0. The van der Waals surface area contributed by atoms with E-state index in [1.54, 1.807) is 36.4 Å². The summed E-state index contributed by atoms with van der Waals surface area (Å²) in [7, 11) is 0. The molecule has 0 saturated heterocycles. The number of hydrogen-bond acceptors (Lipinski definition) is 4. The van der Waals surface area contributed by atoms with Gasteiger partial charge in [0.15, 0.2) is 0 Å². The van der Waals surface area contributed by atoms with Crippen LogP contribution in [0.4, 0.5) is 14.5 Å². The van der Waals surface area contributed by atoms with Crippen LogP contribution in [0.15, 0.2) is 83.3 Å². The van der Waals surface area contributed by atoms with Gasteiger partial charge < -0.3 is 9.73 Å². The van der Waals surface area contributed by atoms with Crippen molar-refractivity contribution in [2.75, 3.05) is 5.32 Å². The van der Waals surface area contributed by atoms with Crippen LogP contribution in [-0.2, 0) is 0 Å². The first kappa shape index (κ1) is 16.9. The summed E-state index contributed by atoms with van der Waals surface area (Å²) in [5.74, 6) is -0.569. The Bertz CT molecular complexity index is 1050. The van der Waals surface area contributed by atoms with Crippen molar-refractivity contribution in [3.8, 4) is 11.5 Å². The third kappa shape index (κ3) is 3.55. The monoisotopic (exact) mass is 363 g/mol. The molecule has 134 valence electrons. The van der Waals surface area contributed by atoms with Gasteiger partial charge in [0.2, 0.25) is 5.89 Å². The highest BCUT2D eigenvalue weighted by molar-refractivity contribution is 5.54. The fourth-order valence-electron chi connectivity index (χ4n) is 2.76. The third-order valence-corrected chi connectivity index (χ3v) is 4.10. The Kier molecular flexibility index (Phi) is 4.61. The highest BCUT2D eigenvalue weighted by Crippen LogP contribution is 2.29. The number of hydrogen-bond donors (Lipinski definition) is 1. The number of nitrogens with zero attached hydrogens (tertiary/aromatic N) is 2. The van der Waals surface area contributed by atoms with E-state index in [-0.39, 0.29) is 17.3 Å². The van der Waals surface area contributed by atoms with Crippen molar-refractivity contribution in [1.82, 2.24) is 10.2 Å². The van der Waals surface area contributed by atoms with Gasteiger partial charge in [0, 0.05) is 0 Å². The number of anilines is 1. The van der Waals surface area contributed by atoms with Crippen molar-refractivity contribution < 1.29 is 13.2 Å². The van der Waals surface area contributed by atoms with E-state index < -0.39 is 17.7 Å². The first-order valence-electron chi connectivity index (χ1n) is 8.36. The number of rotatable bonds is 5. The van der Waals surface area contributed by atoms with E-state index >= 15 is 0 Å². The van der Waals surface area contributed by atoms with Crippen molar-refractivity contribution in [1.29, 1.82) is 0 Å². The molecule has 0 fully saturated rings. The largest absolute Gasteiger partial charge is 0.418 e. The van der Waals surface area contributed by atoms with E-state index in [2.05, 4.69) is 15.5 Å². The predicted molar refractivity (Wildman–Crippen MR) is 98.0 cm³/mol. The molecule has 0 radical (unpaired) electrons. The summed E-state index contributed by atoms with van der Waals surface area (Å²) in [6.07, 6.45) is 0. The molecule has 1 atom stereocenters. The summed E-state index contributed by atoms with van der Waals surface area (Å²) in [5, 5.41) is 11.1. The lowest BCUT2D eigenvalue weighted by molar-refractivity contribution is 0.489. The second-order valence-electron chi connectivity index (χ2n) is 5.89. The van der Waals surface area contributed by atoms with E-state index in [1.807, 2.05) is 30.3 Å². The Morgan fingerprint density at radius 2 is 1.41 bits per heavy atom. The SMILES string of the molecule is Fc1ccccc1N[C@H](c1ccccc1)c1nnc(-c2ccccc2F)o1. The van der Waals surface area contributed by atoms with Crippen LogP contribution in [0.1, 0.15) is 17.5 Å². The fraction of sp³-hybridized carbons (Fsp3) is 0.0476. The molecular formula is C21H15F2N3O. The van der Waals surface area contributed by atoms with Crippen molar-refractivity contribution in [2.45, 2.75) is 6.04 Å². The molecule has 0 unspecified atom stereocenters. The Balaban J connectivity index is 1.74. The van der Waals surface area contributed by atoms with Crippen LogP contribution in [0, 0.1) is 11.6 Å². The Morgan fingerprint density at radius 3 is 2.15 bits per heavy atom. The molecule has 0 spiro atoms. The minimum atomic E-state index is -0.587. The van der Waals surface area contributed by atoms with Crippen molar-refractivity contribution in [3.05, 3.63) is 102 Å². The topological polar surface area (TPSA) is 51.0 Å². The summed E-state index contributed by atoms with van der Waals surface area (Å²) >= 11 is 0. The van der Waals surface area contributed by atoms with Gasteiger partial charge >= 0.3 is 0 Å². The molecule has 1 heterocycles. The molecule has 0 amide bonds. The summed E-state index contributed by atoms with van der Waals surface area (Å²) in [6, 6.07) is 21.2. The molecule has 4 rings (SSSR count). The first-order chi connectivity index (χ1) is 13.2. The lowest BCUT2D eigenvalue weighted by Crippen LogP contribution is -2.13. The minimum Gasteiger partial charge on any atom is -0.418 e. The number of benzene rings is 3. The quantitative estimate of drug-likeness (QED) is 0.528. The zero-order chi connectivity index (χ0) is 18.6. The zero-order valence-corrected chi connectivity index (χ0v) is 14.1. The maximum atomic E-state index is 14.1. The molecule has 6 heteroatoms. The normalized spacial score (nSPS) is 11.9. The molecule has 0 aliphatic rings. The average molecular weight is 363 g/mol. The van der Waals surface area contributed by atoms with Crippen molar-refractivity contribution in [3.63, 3.8) is 0 Å². The number of aromatic nitrogens is 2. The fourth-order valence-corrected chi connectivity index (χ4v) is 2.76. The molecule has 0 saturated carbocycles. The van der Waals surface area contributed by atoms with Gasteiger partial charge in [-0.1, -0.05) is 54.6 Å². The Labute approximate surface area is 154 Å². The zero-order valence-electron chi connectivity index (χ0n) is 14.1. The van der Waals surface area contributed by atoms with Crippen LogP contribution < -0.4 is 5.32 Å². The van der Waals surface area contributed by atoms with Crippen LogP contribution in [0.25, 0.3) is 11.5 Å². The maximum Gasteiger partial charge on any atom is 0.250 e. The van der Waals surface area contributed by atoms with Gasteiger partial charge in [-0.15, -0.1) is 10.2 Å². The Morgan fingerprint density at radius 1 is 0.741 bits per heavy atom. The van der Waals surface area contributed by atoms with Crippen LogP contribution in [0.3, 0.4) is 0 Å². The second kappa shape index (κ2) is 7.37. The van der Waals surface area contributed by atoms with Crippen LogP contribution >= 0.6 is 0 Å². The van der Waals surface area contributed by atoms with Gasteiger partial charge in [-0.05, 0) is 29.8 Å². The molecule has 1 aromatic heterocycles. The molecule has 3 aromatic carbocycles. The summed E-state index contributed by atoms with van der Waals surface area (Å²) < 4.78 is 33.9. The van der Waals surface area contributed by atoms with Crippen LogP contribution in [0.2, 0.25) is 0 Å². The van der Waals surface area contributed by atoms with Crippen LogP contribution in [0.5, 0.6) is 0 Å². The highest BCUT2D eigenvalue weighted by atomic mass is 19.1. The molecular weight excluding hydrogens is 348 g/mol. The molecule has 1 N–H and O–H groups in total. The average Bonchev–Trinajstić information content (AvgIpc) is 3.18. The number of halogens is 2. The van der Waals surface area contributed by atoms with E-state index in [9.17, 15) is 8.78 Å². The predicted octanol–water partition coefficient (Wildman–Crippen LogP) is 5.22. The second-order valence-corrected chi connectivity index (χ2v) is 5.89. The van der Waals surface area contributed by atoms with Gasteiger partial charge in [-0.3, -0.25) is 0 Å². The minimum absolute atomic E-state index is 0.0689. The van der Waals surface area contributed by atoms with Gasteiger partial charge in [0.1, 0.15) is 17.7 Å². The molecule has 0 aliphatic carbocycles. The molecule has 0 aliphatic heterocycles. The standard InChI is InChI=1S/C21H15F2N3O/c22-16-11-5-4-10-15(16)20-25-26-21(27-20)19(14-8-2-1-3-9-14)24-18-13-7-6-12-17(18)23/h1-13,19,24H/t19-/m1/s1. The lowest BCUT2D eigenvalue weighted by Gasteiger charge is -2.17. The first-order valence-corrected chi connectivity index (χ1v) is 8.36. The molecule has 4 aromatic rings. The van der Waals surface area contributed by atoms with E-state index in [0.29, 0.717) is 5.69 Å². The molecule has 0 bridgehead atoms. The van der Waals surface area contributed by atoms with Gasteiger partial charge in [-0.2, -0.15) is 0 Å². The van der Waals surface area contributed by atoms with Crippen molar-refractivity contribution >= 4 is 5.69 Å². The maximum absolute atomic E-state index is 14.1. The van der Waals surface area contributed by atoms with E-state index in [4.69, 9.17) is 4.42 Å². The van der Waals surface area contributed by atoms with Gasteiger partial charge in [0.05, 0.1) is 11.3 Å². The summed E-state index contributed by atoms with van der Waals surface area (Å²) in [4.78, 5) is 0. The van der Waals surface area contributed by atoms with Crippen LogP contribution in [-0.4, -0.2) is 10.2 Å². The van der Waals surface area contributed by atoms with Gasteiger partial charge in [-0.25, -0.2) is 8.78 Å². The van der Waals surface area contributed by atoms with Crippen molar-refractivity contribution in [2.24, 2.45) is 0 Å². The molecule has 4 nitrogen and oxygen atoms in total. The summed E-state index contributed by atoms with van der Waals surface area (Å²) in [5.41, 5.74) is 1.33. The molecule has 27 heavy (non-hydrogen) atoms. The van der Waals surface area contributed by atoms with E-state index in [0.717, 1.165) is 5.56 Å². The number of para-hydroxylation sites is 1. The highest BCUT2D eigenvalue weighted by Gasteiger charge is 2.23. The smallest absolute Gasteiger partial charge is 0.250 e. The lowest BCUT2D eigenvalue weighted by atomic mass is 10.1. The van der Waals surface area contributed by atoms with E-state index in [1.165, 1.54) is 12.1 Å². The Hall–Kier alpha value is -3.54.